The quantitative estimate of drug-likeness (QED) is 0.855. The van der Waals surface area contributed by atoms with Crippen LogP contribution >= 0.6 is 11.6 Å². The molecule has 0 aromatic carbocycles. The summed E-state index contributed by atoms with van der Waals surface area (Å²) >= 11 is 6.11. The van der Waals surface area contributed by atoms with E-state index in [1.807, 2.05) is 24.0 Å². The third-order valence-electron chi connectivity index (χ3n) is 2.81. The minimum atomic E-state index is 0.281. The summed E-state index contributed by atoms with van der Waals surface area (Å²) < 4.78 is 1.90. The van der Waals surface area contributed by atoms with Gasteiger partial charge in [-0.3, -0.25) is 4.68 Å². The van der Waals surface area contributed by atoms with E-state index in [0.29, 0.717) is 5.15 Å². The number of rotatable bonds is 5. The van der Waals surface area contributed by atoms with Crippen molar-refractivity contribution in [3.8, 4) is 0 Å². The Morgan fingerprint density at radius 3 is 2.79 bits per heavy atom. The number of aryl methyl sites for hydroxylation is 1. The van der Waals surface area contributed by atoms with Gasteiger partial charge in [0.15, 0.2) is 0 Å². The van der Waals surface area contributed by atoms with Gasteiger partial charge in [-0.05, 0) is 18.4 Å². The normalized spacial score (nSPS) is 11.0. The van der Waals surface area contributed by atoms with Crippen LogP contribution in [0.2, 0.25) is 5.15 Å². The Bertz CT molecular complexity index is 550. The molecular formula is C13H18ClN5. The molecule has 0 aliphatic heterocycles. The zero-order valence-electron chi connectivity index (χ0n) is 11.4. The second-order valence-electron chi connectivity index (χ2n) is 4.79. The molecule has 2 aromatic heterocycles. The van der Waals surface area contributed by atoms with Gasteiger partial charge in [-0.1, -0.05) is 25.4 Å². The summed E-state index contributed by atoms with van der Waals surface area (Å²) in [5.74, 6) is 1.09. The highest BCUT2D eigenvalue weighted by Crippen LogP contribution is 2.27. The zero-order chi connectivity index (χ0) is 13.8. The van der Waals surface area contributed by atoms with E-state index in [4.69, 9.17) is 11.6 Å². The maximum absolute atomic E-state index is 6.11. The van der Waals surface area contributed by atoms with Gasteiger partial charge in [0, 0.05) is 18.3 Å². The second-order valence-corrected chi connectivity index (χ2v) is 5.15. The summed E-state index contributed by atoms with van der Waals surface area (Å²) in [6.45, 7) is 7.71. The molecular weight excluding hydrogens is 262 g/mol. The molecule has 2 rings (SSSR count). The fourth-order valence-corrected chi connectivity index (χ4v) is 2.26. The number of hydrogen-bond donors (Lipinski definition) is 1. The maximum Gasteiger partial charge on any atom is 0.138 e. The molecule has 0 radical (unpaired) electrons. The van der Waals surface area contributed by atoms with E-state index >= 15 is 0 Å². The first kappa shape index (κ1) is 13.8. The summed E-state index contributed by atoms with van der Waals surface area (Å²) in [6, 6.07) is 0. The van der Waals surface area contributed by atoms with E-state index in [9.17, 15) is 0 Å². The van der Waals surface area contributed by atoms with Crippen LogP contribution in [0.15, 0.2) is 18.7 Å². The molecule has 6 heteroatoms. The predicted octanol–water partition coefficient (Wildman–Crippen LogP) is 2.87. The van der Waals surface area contributed by atoms with Crippen LogP contribution in [-0.2, 0) is 6.54 Å². The first-order chi connectivity index (χ1) is 9.08. The smallest absolute Gasteiger partial charge is 0.138 e. The predicted molar refractivity (Wildman–Crippen MR) is 76.6 cm³/mol. The van der Waals surface area contributed by atoms with Crippen LogP contribution in [0.4, 0.5) is 5.82 Å². The average Bonchev–Trinajstić information content (AvgIpc) is 2.74. The fraction of sp³-hybridized carbons (Fsp3) is 0.462. The van der Waals surface area contributed by atoms with Crippen molar-refractivity contribution in [1.29, 1.82) is 0 Å². The lowest BCUT2D eigenvalue weighted by Gasteiger charge is -2.14. The van der Waals surface area contributed by atoms with Crippen molar-refractivity contribution < 1.29 is 0 Å². The van der Waals surface area contributed by atoms with E-state index in [1.54, 1.807) is 0 Å². The Morgan fingerprint density at radius 1 is 1.37 bits per heavy atom. The Balaban J connectivity index is 2.01. The van der Waals surface area contributed by atoms with Crippen molar-refractivity contribution in [2.45, 2.75) is 33.2 Å². The van der Waals surface area contributed by atoms with Gasteiger partial charge in [0.1, 0.15) is 17.3 Å². The van der Waals surface area contributed by atoms with Gasteiger partial charge in [-0.25, -0.2) is 9.97 Å². The van der Waals surface area contributed by atoms with Gasteiger partial charge in [0.25, 0.3) is 0 Å². The van der Waals surface area contributed by atoms with E-state index in [1.165, 1.54) is 6.33 Å². The lowest BCUT2D eigenvalue weighted by molar-refractivity contribution is 0.636. The summed E-state index contributed by atoms with van der Waals surface area (Å²) in [4.78, 5) is 8.29. The topological polar surface area (TPSA) is 55.6 Å². The van der Waals surface area contributed by atoms with Crippen LogP contribution in [0.3, 0.4) is 0 Å². The summed E-state index contributed by atoms with van der Waals surface area (Å²) in [5, 5.41) is 8.05. The number of hydrogen-bond acceptors (Lipinski definition) is 4. The monoisotopic (exact) mass is 279 g/mol. The third kappa shape index (κ3) is 3.44. The third-order valence-corrected chi connectivity index (χ3v) is 3.11. The lowest BCUT2D eigenvalue weighted by Crippen LogP contribution is -2.14. The summed E-state index contributed by atoms with van der Waals surface area (Å²) in [7, 11) is 0. The highest BCUT2D eigenvalue weighted by Gasteiger charge is 2.12. The van der Waals surface area contributed by atoms with Crippen molar-refractivity contribution in [1.82, 2.24) is 19.7 Å². The summed E-state index contributed by atoms with van der Waals surface area (Å²) in [6.07, 6.45) is 5.34. The Hall–Kier alpha value is -1.62. The van der Waals surface area contributed by atoms with Gasteiger partial charge in [-0.2, -0.15) is 5.10 Å². The fourth-order valence-electron chi connectivity index (χ4n) is 1.90. The largest absolute Gasteiger partial charge is 0.368 e. The zero-order valence-corrected chi connectivity index (χ0v) is 12.1. The van der Waals surface area contributed by atoms with Crippen LogP contribution in [0, 0.1) is 6.92 Å². The summed E-state index contributed by atoms with van der Waals surface area (Å²) in [5.41, 5.74) is 2.12. The highest BCUT2D eigenvalue weighted by atomic mass is 35.5. The molecule has 0 saturated heterocycles. The molecule has 0 bridgehead atoms. The average molecular weight is 280 g/mol. The molecule has 0 aliphatic rings. The molecule has 5 nitrogen and oxygen atoms in total. The molecule has 2 heterocycles. The minimum absolute atomic E-state index is 0.281. The van der Waals surface area contributed by atoms with Crippen LogP contribution in [0.1, 0.15) is 30.9 Å². The van der Waals surface area contributed by atoms with Gasteiger partial charge in [0.05, 0.1) is 12.7 Å². The molecule has 19 heavy (non-hydrogen) atoms. The van der Waals surface area contributed by atoms with E-state index in [0.717, 1.165) is 30.0 Å². The number of nitrogens with zero attached hydrogens (tertiary/aromatic N) is 4. The van der Waals surface area contributed by atoms with Crippen LogP contribution < -0.4 is 5.32 Å². The molecule has 0 amide bonds. The van der Waals surface area contributed by atoms with Crippen LogP contribution in [-0.4, -0.2) is 26.3 Å². The Morgan fingerprint density at radius 2 is 2.16 bits per heavy atom. The Labute approximate surface area is 118 Å². The van der Waals surface area contributed by atoms with Crippen molar-refractivity contribution in [2.24, 2.45) is 0 Å². The van der Waals surface area contributed by atoms with Crippen molar-refractivity contribution >= 4 is 17.4 Å². The van der Waals surface area contributed by atoms with Gasteiger partial charge in [0.2, 0.25) is 0 Å². The van der Waals surface area contributed by atoms with E-state index < -0.39 is 0 Å². The number of nitrogens with one attached hydrogen (secondary N) is 1. The highest BCUT2D eigenvalue weighted by molar-refractivity contribution is 6.30. The molecule has 102 valence electrons. The van der Waals surface area contributed by atoms with Crippen molar-refractivity contribution in [2.75, 3.05) is 11.9 Å². The maximum atomic E-state index is 6.11. The number of halogens is 1. The molecule has 0 unspecified atom stereocenters. The van der Waals surface area contributed by atoms with E-state index in [-0.39, 0.29) is 5.92 Å². The van der Waals surface area contributed by atoms with Crippen LogP contribution in [0.25, 0.3) is 0 Å². The molecule has 0 saturated carbocycles. The standard InChI is InChI=1S/C13H18ClN5/c1-9(2)11-12(14)16-8-17-13(11)15-4-5-19-7-10(3)6-18-19/h6-9H,4-5H2,1-3H3,(H,15,16,17). The number of aromatic nitrogens is 4. The number of anilines is 1. The first-order valence-corrected chi connectivity index (χ1v) is 6.69. The van der Waals surface area contributed by atoms with Crippen molar-refractivity contribution in [3.63, 3.8) is 0 Å². The van der Waals surface area contributed by atoms with E-state index in [2.05, 4.69) is 34.2 Å². The van der Waals surface area contributed by atoms with Gasteiger partial charge < -0.3 is 5.32 Å². The molecule has 0 aliphatic carbocycles. The molecule has 1 N–H and O–H groups in total. The SMILES string of the molecule is Cc1cnn(CCNc2ncnc(Cl)c2C(C)C)c1. The molecule has 0 atom stereocenters. The second kappa shape index (κ2) is 6.02. The van der Waals surface area contributed by atoms with Gasteiger partial charge >= 0.3 is 0 Å². The Kier molecular flexibility index (Phi) is 4.37. The minimum Gasteiger partial charge on any atom is -0.368 e. The molecule has 0 spiro atoms. The van der Waals surface area contributed by atoms with Gasteiger partial charge in [-0.15, -0.1) is 0 Å². The van der Waals surface area contributed by atoms with Crippen molar-refractivity contribution in [3.05, 3.63) is 35.0 Å². The first-order valence-electron chi connectivity index (χ1n) is 6.31. The molecule has 2 aromatic rings. The lowest BCUT2D eigenvalue weighted by atomic mass is 10.1. The molecule has 0 fully saturated rings. The van der Waals surface area contributed by atoms with Crippen LogP contribution in [0.5, 0.6) is 0 Å².